The van der Waals surface area contributed by atoms with Crippen LogP contribution >= 0.6 is 11.9 Å². The Morgan fingerprint density at radius 2 is 2.27 bits per heavy atom. The highest BCUT2D eigenvalue weighted by Gasteiger charge is 1.98. The Labute approximate surface area is 94.8 Å². The number of anilines is 1. The van der Waals surface area contributed by atoms with Gasteiger partial charge in [0.05, 0.1) is 0 Å². The summed E-state index contributed by atoms with van der Waals surface area (Å²) >= 11 is 1.55. The third-order valence-electron chi connectivity index (χ3n) is 1.96. The van der Waals surface area contributed by atoms with Crippen LogP contribution in [0, 0.1) is 0 Å². The molecular weight excluding hydrogens is 208 g/mol. The van der Waals surface area contributed by atoms with E-state index < -0.39 is 0 Å². The lowest BCUT2D eigenvalue weighted by molar-refractivity contribution is -0.120. The number of hydrogen-bond acceptors (Lipinski definition) is 3. The molecule has 4 heteroatoms. The summed E-state index contributed by atoms with van der Waals surface area (Å²) in [4.78, 5) is 11.1. The lowest BCUT2D eigenvalue weighted by atomic mass is 10.2. The van der Waals surface area contributed by atoms with Crippen LogP contribution in [0.15, 0.2) is 24.3 Å². The van der Waals surface area contributed by atoms with E-state index in [9.17, 15) is 4.79 Å². The number of nitrogens with one attached hydrogen (secondary N) is 2. The SMILES string of the molecule is CCC(=O)NCc1cccc(NSC)c1. The summed E-state index contributed by atoms with van der Waals surface area (Å²) in [5.74, 6) is 0.0817. The van der Waals surface area contributed by atoms with Gasteiger partial charge in [-0.1, -0.05) is 31.0 Å². The Morgan fingerprint density at radius 3 is 2.93 bits per heavy atom. The van der Waals surface area contributed by atoms with Crippen LogP contribution in [0.1, 0.15) is 18.9 Å². The van der Waals surface area contributed by atoms with Crippen molar-refractivity contribution in [1.29, 1.82) is 0 Å². The van der Waals surface area contributed by atoms with Gasteiger partial charge in [0.25, 0.3) is 0 Å². The Morgan fingerprint density at radius 1 is 1.47 bits per heavy atom. The van der Waals surface area contributed by atoms with Gasteiger partial charge in [-0.3, -0.25) is 4.79 Å². The molecule has 0 radical (unpaired) electrons. The maximum atomic E-state index is 11.1. The Kier molecular flexibility index (Phi) is 5.04. The first-order valence-corrected chi connectivity index (χ1v) is 6.13. The summed E-state index contributed by atoms with van der Waals surface area (Å²) in [5.41, 5.74) is 2.17. The highest BCUT2D eigenvalue weighted by molar-refractivity contribution is 7.99. The van der Waals surface area contributed by atoms with Gasteiger partial charge in [0.2, 0.25) is 5.91 Å². The van der Waals surface area contributed by atoms with Crippen molar-refractivity contribution in [2.24, 2.45) is 0 Å². The molecule has 0 aliphatic heterocycles. The van der Waals surface area contributed by atoms with Gasteiger partial charge < -0.3 is 10.0 Å². The fourth-order valence-corrected chi connectivity index (χ4v) is 1.55. The first-order chi connectivity index (χ1) is 7.26. The lowest BCUT2D eigenvalue weighted by Gasteiger charge is -2.06. The van der Waals surface area contributed by atoms with Gasteiger partial charge in [-0.2, -0.15) is 0 Å². The van der Waals surface area contributed by atoms with Crippen LogP contribution in [-0.4, -0.2) is 12.2 Å². The van der Waals surface area contributed by atoms with Gasteiger partial charge >= 0.3 is 0 Å². The van der Waals surface area contributed by atoms with Crippen molar-refractivity contribution in [2.75, 3.05) is 11.0 Å². The van der Waals surface area contributed by atoms with Crippen LogP contribution in [0.5, 0.6) is 0 Å². The van der Waals surface area contributed by atoms with Crippen molar-refractivity contribution < 1.29 is 4.79 Å². The van der Waals surface area contributed by atoms with Crippen LogP contribution in [0.2, 0.25) is 0 Å². The molecule has 3 nitrogen and oxygen atoms in total. The van der Waals surface area contributed by atoms with E-state index in [1.165, 1.54) is 0 Å². The molecule has 0 aliphatic carbocycles. The molecule has 0 unspecified atom stereocenters. The van der Waals surface area contributed by atoms with E-state index in [0.717, 1.165) is 11.3 Å². The molecule has 82 valence electrons. The molecule has 1 aromatic carbocycles. The summed E-state index contributed by atoms with van der Waals surface area (Å²) in [5, 5.41) is 2.84. The predicted octanol–water partition coefficient (Wildman–Crippen LogP) is 2.40. The first kappa shape index (κ1) is 11.9. The van der Waals surface area contributed by atoms with E-state index in [1.54, 1.807) is 11.9 Å². The number of amides is 1. The predicted molar refractivity (Wildman–Crippen MR) is 65.7 cm³/mol. The largest absolute Gasteiger partial charge is 0.352 e. The van der Waals surface area contributed by atoms with Crippen LogP contribution in [0.4, 0.5) is 5.69 Å². The highest BCUT2D eigenvalue weighted by atomic mass is 32.2. The summed E-state index contributed by atoms with van der Waals surface area (Å²) in [6, 6.07) is 8.02. The van der Waals surface area contributed by atoms with E-state index in [-0.39, 0.29) is 5.91 Å². The van der Waals surface area contributed by atoms with Gasteiger partial charge in [-0.05, 0) is 17.7 Å². The van der Waals surface area contributed by atoms with Crippen molar-refractivity contribution in [3.63, 3.8) is 0 Å². The molecule has 0 saturated carbocycles. The van der Waals surface area contributed by atoms with E-state index >= 15 is 0 Å². The molecule has 1 rings (SSSR count). The standard InChI is InChI=1S/C11H16N2OS/c1-3-11(14)12-8-9-5-4-6-10(7-9)13-15-2/h4-7,13H,3,8H2,1-2H3,(H,12,14). The second kappa shape index (κ2) is 6.35. The van der Waals surface area contributed by atoms with Gasteiger partial charge in [-0.15, -0.1) is 0 Å². The molecular formula is C11H16N2OS. The lowest BCUT2D eigenvalue weighted by Crippen LogP contribution is -2.21. The molecule has 0 aromatic heterocycles. The third kappa shape index (κ3) is 4.25. The van der Waals surface area contributed by atoms with E-state index in [0.29, 0.717) is 13.0 Å². The summed E-state index contributed by atoms with van der Waals surface area (Å²) in [7, 11) is 0. The minimum absolute atomic E-state index is 0.0817. The highest BCUT2D eigenvalue weighted by Crippen LogP contribution is 2.13. The monoisotopic (exact) mass is 224 g/mol. The molecule has 0 atom stereocenters. The summed E-state index contributed by atoms with van der Waals surface area (Å²) in [6.45, 7) is 2.44. The summed E-state index contributed by atoms with van der Waals surface area (Å²) in [6.07, 6.45) is 2.51. The molecule has 0 fully saturated rings. The van der Waals surface area contributed by atoms with Crippen molar-refractivity contribution >= 4 is 23.5 Å². The fraction of sp³-hybridized carbons (Fsp3) is 0.364. The minimum atomic E-state index is 0.0817. The van der Waals surface area contributed by atoms with Crippen LogP contribution in [-0.2, 0) is 11.3 Å². The maximum absolute atomic E-state index is 11.1. The third-order valence-corrected chi connectivity index (χ3v) is 2.40. The molecule has 0 heterocycles. The van der Waals surface area contributed by atoms with Gasteiger partial charge in [-0.25, -0.2) is 0 Å². The van der Waals surface area contributed by atoms with Crippen molar-refractivity contribution in [1.82, 2.24) is 5.32 Å². The van der Waals surface area contributed by atoms with E-state index in [4.69, 9.17) is 0 Å². The second-order valence-electron chi connectivity index (χ2n) is 3.14. The van der Waals surface area contributed by atoms with Gasteiger partial charge in [0.15, 0.2) is 0 Å². The fourth-order valence-electron chi connectivity index (χ4n) is 1.19. The zero-order valence-electron chi connectivity index (χ0n) is 9.04. The smallest absolute Gasteiger partial charge is 0.219 e. The average molecular weight is 224 g/mol. The first-order valence-electron chi connectivity index (χ1n) is 4.91. The Bertz CT molecular complexity index is 328. The quantitative estimate of drug-likeness (QED) is 0.755. The van der Waals surface area contributed by atoms with Crippen molar-refractivity contribution in [2.45, 2.75) is 19.9 Å². The topological polar surface area (TPSA) is 41.1 Å². The minimum Gasteiger partial charge on any atom is -0.352 e. The molecule has 0 spiro atoms. The van der Waals surface area contributed by atoms with Crippen LogP contribution < -0.4 is 10.0 Å². The molecule has 2 N–H and O–H groups in total. The van der Waals surface area contributed by atoms with Crippen molar-refractivity contribution in [3.05, 3.63) is 29.8 Å². The van der Waals surface area contributed by atoms with Gasteiger partial charge in [0.1, 0.15) is 0 Å². The number of carbonyl (C=O) groups excluding carboxylic acids is 1. The van der Waals surface area contributed by atoms with Crippen LogP contribution in [0.25, 0.3) is 0 Å². The Balaban J connectivity index is 2.53. The average Bonchev–Trinajstić information content (AvgIpc) is 2.27. The molecule has 1 aromatic rings. The number of benzene rings is 1. The molecule has 1 amide bonds. The zero-order valence-corrected chi connectivity index (χ0v) is 9.86. The maximum Gasteiger partial charge on any atom is 0.219 e. The normalized spacial score (nSPS) is 9.73. The number of rotatable bonds is 5. The van der Waals surface area contributed by atoms with Crippen LogP contribution in [0.3, 0.4) is 0 Å². The molecule has 0 bridgehead atoms. The number of hydrogen-bond donors (Lipinski definition) is 2. The number of carbonyl (C=O) groups is 1. The van der Waals surface area contributed by atoms with Crippen molar-refractivity contribution in [3.8, 4) is 0 Å². The summed E-state index contributed by atoms with van der Waals surface area (Å²) < 4.78 is 3.15. The van der Waals surface area contributed by atoms with E-state index in [1.807, 2.05) is 37.4 Å². The van der Waals surface area contributed by atoms with E-state index in [2.05, 4.69) is 10.0 Å². The Hall–Kier alpha value is -1.16. The molecule has 15 heavy (non-hydrogen) atoms. The molecule has 0 saturated heterocycles. The zero-order chi connectivity index (χ0) is 11.1. The van der Waals surface area contributed by atoms with Gasteiger partial charge in [0, 0.05) is 24.9 Å². The molecule has 0 aliphatic rings. The second-order valence-corrected chi connectivity index (χ2v) is 3.75.